The Morgan fingerprint density at radius 2 is 1.83 bits per heavy atom. The molecule has 3 fully saturated rings. The molecule has 2 aromatic rings. The molecule has 60 heavy (non-hydrogen) atoms. The third kappa shape index (κ3) is 10.7. The lowest BCUT2D eigenvalue weighted by atomic mass is 9.73. The second-order valence-electron chi connectivity index (χ2n) is 17.3. The number of aliphatic hydroxyl groups is 2. The average Bonchev–Trinajstić information content (AvgIpc) is 3.74. The van der Waals surface area contributed by atoms with Gasteiger partial charge in [-0.05, 0) is 79.1 Å². The number of ketones is 1. The zero-order chi connectivity index (χ0) is 44.1. The minimum Gasteiger partial charge on any atom is -0.459 e. The molecule has 0 aromatic carbocycles. The first-order chi connectivity index (χ1) is 28.3. The number of amides is 1. The Morgan fingerprint density at radius 3 is 2.45 bits per heavy atom. The molecule has 3 aliphatic rings. The fourth-order valence-electron chi connectivity index (χ4n) is 8.85. The van der Waals surface area contributed by atoms with E-state index in [4.69, 9.17) is 28.5 Å². The fraction of sp³-hybridized carbons (Fsp3) is 0.698. The molecule has 3 saturated heterocycles. The SMILES string of the molecule is CC[C@H]1OC(=O)[C@H](C)C(=O)[C@H](C)[C@@H](O[C@@H]2O[C@H](C)C[C@H](N(C)C)[C@H]2O)[C@@]2(C)C[C@@H](C)/C(=N\C(C)=O)[C@H](C)[C@@H](OC/C(=N\OCc3ccc(-n4cccn4)nc3)CO2)[C@]1(C)O. The van der Waals surface area contributed by atoms with E-state index >= 15 is 0 Å². The largest absolute Gasteiger partial charge is 0.459 e. The second kappa shape index (κ2) is 19.8. The first kappa shape index (κ1) is 47.1. The van der Waals surface area contributed by atoms with Crippen molar-refractivity contribution >= 4 is 29.1 Å². The highest BCUT2D eigenvalue weighted by Gasteiger charge is 2.53. The fourth-order valence-corrected chi connectivity index (χ4v) is 8.85. The van der Waals surface area contributed by atoms with Crippen molar-refractivity contribution in [2.24, 2.45) is 33.8 Å². The Labute approximate surface area is 352 Å². The van der Waals surface area contributed by atoms with Gasteiger partial charge in [-0.2, -0.15) is 5.10 Å². The van der Waals surface area contributed by atoms with Crippen molar-refractivity contribution in [3.63, 3.8) is 0 Å². The number of fused-ring (bicyclic) bond motifs is 5. The number of pyridine rings is 1. The molecule has 17 heteroatoms. The van der Waals surface area contributed by atoms with Crippen LogP contribution in [0.1, 0.15) is 87.1 Å². The minimum absolute atomic E-state index is 0.0440. The summed E-state index contributed by atoms with van der Waals surface area (Å²) in [6.07, 6.45) is -0.0360. The predicted molar refractivity (Wildman–Crippen MR) is 220 cm³/mol. The first-order valence-corrected chi connectivity index (χ1v) is 20.9. The number of hydrogen-bond donors (Lipinski definition) is 2. The number of cyclic esters (lactones) is 1. The summed E-state index contributed by atoms with van der Waals surface area (Å²) >= 11 is 0. The van der Waals surface area contributed by atoms with E-state index in [9.17, 15) is 24.6 Å². The molecule has 3 aliphatic heterocycles. The van der Waals surface area contributed by atoms with Gasteiger partial charge >= 0.3 is 5.97 Å². The Bertz CT molecular complexity index is 1840. The highest BCUT2D eigenvalue weighted by molar-refractivity contribution is 6.00. The number of hydrogen-bond acceptors (Lipinski definition) is 15. The predicted octanol–water partition coefficient (Wildman–Crippen LogP) is 3.70. The number of esters is 1. The molecule has 0 unspecified atom stereocenters. The van der Waals surface area contributed by atoms with E-state index in [0.29, 0.717) is 18.0 Å². The summed E-state index contributed by atoms with van der Waals surface area (Å²) in [5, 5.41) is 32.8. The Hall–Kier alpha value is -3.97. The summed E-state index contributed by atoms with van der Waals surface area (Å²) in [6.45, 7) is 14.7. The topological polar surface area (TPSA) is 206 Å². The van der Waals surface area contributed by atoms with Crippen molar-refractivity contribution in [1.29, 1.82) is 0 Å². The highest BCUT2D eigenvalue weighted by atomic mass is 16.7. The molecule has 0 radical (unpaired) electrons. The van der Waals surface area contributed by atoms with Gasteiger partial charge in [0.05, 0.1) is 37.1 Å². The van der Waals surface area contributed by atoms with Crippen molar-refractivity contribution in [2.45, 2.75) is 142 Å². The van der Waals surface area contributed by atoms with E-state index in [1.54, 1.807) is 63.1 Å². The maximum absolute atomic E-state index is 14.5. The maximum Gasteiger partial charge on any atom is 0.316 e. The van der Waals surface area contributed by atoms with Crippen LogP contribution in [0.2, 0.25) is 0 Å². The maximum atomic E-state index is 14.5. The van der Waals surface area contributed by atoms with Gasteiger partial charge in [0.2, 0.25) is 5.91 Å². The van der Waals surface area contributed by atoms with Crippen molar-refractivity contribution in [1.82, 2.24) is 19.7 Å². The number of likely N-dealkylation sites (N-methyl/N-ethyl adjacent to an activating group) is 1. The summed E-state index contributed by atoms with van der Waals surface area (Å²) in [5.41, 5.74) is -1.84. The molecular weight excluding hydrogens is 777 g/mol. The van der Waals surface area contributed by atoms with Crippen molar-refractivity contribution in [2.75, 3.05) is 27.3 Å². The lowest BCUT2D eigenvalue weighted by Crippen LogP contribution is -2.60. The third-order valence-electron chi connectivity index (χ3n) is 12.1. The lowest BCUT2D eigenvalue weighted by Gasteiger charge is -2.47. The standard InChI is InChI=1S/C43H64N6O11/c1-12-33-43(9,54)39-26(4)35(46-29(7)50)24(2)19-42(8,56-23-31(22-55-39)47-57-21-30-14-15-34(44-20-30)49-17-13-16-45-49)38(27(5)36(51)28(6)40(53)59-33)60-41-37(52)32(48(10)11)18-25(3)58-41/h13-17,20,24-28,32-33,37-39,41,52,54H,12,18-19,21-23H2,1-11H3/b46-35+,47-31+/t24-,25-,26+,27+,28-,32+,33-,37-,38-,39-,41+,42-,43-/m1/s1. The molecular formula is C43H64N6O11. The summed E-state index contributed by atoms with van der Waals surface area (Å²) in [4.78, 5) is 58.0. The van der Waals surface area contributed by atoms with E-state index in [1.165, 1.54) is 20.8 Å². The zero-order valence-electron chi connectivity index (χ0n) is 36.8. The van der Waals surface area contributed by atoms with Crippen LogP contribution in [0, 0.1) is 23.7 Å². The van der Waals surface area contributed by atoms with Crippen molar-refractivity contribution < 1.29 is 53.1 Å². The minimum atomic E-state index is -1.86. The number of aliphatic imine (C=N–C) groups is 1. The van der Waals surface area contributed by atoms with Gasteiger partial charge in [0.15, 0.2) is 17.9 Å². The van der Waals surface area contributed by atoms with Crippen LogP contribution >= 0.6 is 0 Å². The molecule has 1 amide bonds. The molecule has 5 heterocycles. The van der Waals surface area contributed by atoms with Gasteiger partial charge in [0, 0.05) is 54.7 Å². The Balaban J connectivity index is 1.63. The van der Waals surface area contributed by atoms with Crippen LogP contribution in [0.5, 0.6) is 0 Å². The van der Waals surface area contributed by atoms with Crippen LogP contribution in [0.4, 0.5) is 0 Å². The average molecular weight is 841 g/mol. The van der Waals surface area contributed by atoms with E-state index in [0.717, 1.165) is 5.56 Å². The molecule has 0 saturated carbocycles. The van der Waals surface area contributed by atoms with Gasteiger partial charge in [0.25, 0.3) is 0 Å². The number of oxime groups is 1. The Kier molecular flexibility index (Phi) is 15.6. The molecule has 5 rings (SSSR count). The molecule has 2 aromatic heterocycles. The van der Waals surface area contributed by atoms with E-state index < -0.39 is 83.2 Å². The van der Waals surface area contributed by atoms with Gasteiger partial charge in [0.1, 0.15) is 36.0 Å². The molecule has 13 atom stereocenters. The Morgan fingerprint density at radius 1 is 1.10 bits per heavy atom. The van der Waals surface area contributed by atoms with Gasteiger partial charge < -0.3 is 43.6 Å². The summed E-state index contributed by atoms with van der Waals surface area (Å²) in [7, 11) is 3.73. The van der Waals surface area contributed by atoms with Crippen LogP contribution in [-0.4, -0.2) is 140 Å². The highest BCUT2D eigenvalue weighted by Crippen LogP contribution is 2.40. The van der Waals surface area contributed by atoms with Gasteiger partial charge in [-0.15, -0.1) is 0 Å². The summed E-state index contributed by atoms with van der Waals surface area (Å²) in [6, 6.07) is 5.13. The van der Waals surface area contributed by atoms with Crippen molar-refractivity contribution in [3.8, 4) is 5.82 Å². The molecule has 332 valence electrons. The molecule has 0 spiro atoms. The number of carbonyl (C=O) groups excluding carboxylic acids is 3. The van der Waals surface area contributed by atoms with Gasteiger partial charge in [-0.1, -0.05) is 38.9 Å². The number of carbonyl (C=O) groups is 3. The number of rotatable bonds is 8. The van der Waals surface area contributed by atoms with Crippen LogP contribution in [-0.2, 0) is 49.5 Å². The van der Waals surface area contributed by atoms with Crippen LogP contribution in [0.3, 0.4) is 0 Å². The lowest BCUT2D eigenvalue weighted by molar-refractivity contribution is -0.296. The van der Waals surface area contributed by atoms with E-state index in [2.05, 4.69) is 20.2 Å². The van der Waals surface area contributed by atoms with Crippen LogP contribution in [0.15, 0.2) is 46.9 Å². The van der Waals surface area contributed by atoms with Gasteiger partial charge in [-0.3, -0.25) is 14.4 Å². The molecule has 2 N–H and O–H groups in total. The third-order valence-corrected chi connectivity index (χ3v) is 12.1. The number of nitrogens with zero attached hydrogens (tertiary/aromatic N) is 6. The van der Waals surface area contributed by atoms with Gasteiger partial charge in [-0.25, -0.2) is 14.7 Å². The number of Topliss-reactive ketones (excluding diaryl/α,β-unsaturated/α-hetero) is 1. The quantitative estimate of drug-likeness (QED) is 0.221. The summed E-state index contributed by atoms with van der Waals surface area (Å²) < 4.78 is 34.1. The monoisotopic (exact) mass is 840 g/mol. The number of aromatic nitrogens is 3. The molecule has 2 bridgehead atoms. The second-order valence-corrected chi connectivity index (χ2v) is 17.3. The normalized spacial score (nSPS) is 37.6. The molecule has 0 aliphatic carbocycles. The number of aliphatic hydroxyl groups excluding tert-OH is 1. The van der Waals surface area contributed by atoms with E-state index in [-0.39, 0.29) is 50.5 Å². The number of ether oxygens (including phenoxy) is 5. The smallest absolute Gasteiger partial charge is 0.316 e. The summed E-state index contributed by atoms with van der Waals surface area (Å²) in [5.74, 6) is -4.71. The van der Waals surface area contributed by atoms with Crippen molar-refractivity contribution in [3.05, 3.63) is 42.4 Å². The van der Waals surface area contributed by atoms with E-state index in [1.807, 2.05) is 38.9 Å². The first-order valence-electron chi connectivity index (χ1n) is 20.9. The molecule has 17 nitrogen and oxygen atoms in total. The van der Waals surface area contributed by atoms with Crippen LogP contribution < -0.4 is 0 Å². The van der Waals surface area contributed by atoms with Crippen LogP contribution in [0.25, 0.3) is 5.82 Å². The zero-order valence-corrected chi connectivity index (χ0v) is 36.8.